The number of nitrogens with one attached hydrogen (secondary N) is 1. The van der Waals surface area contributed by atoms with E-state index >= 15 is 0 Å². The van der Waals surface area contributed by atoms with Crippen molar-refractivity contribution in [3.05, 3.63) is 35.9 Å². The lowest BCUT2D eigenvalue weighted by atomic mass is 9.98. The lowest BCUT2D eigenvalue weighted by molar-refractivity contribution is -0.142. The van der Waals surface area contributed by atoms with E-state index in [1.54, 1.807) is 24.3 Å². The molecule has 2 N–H and O–H groups in total. The van der Waals surface area contributed by atoms with E-state index in [4.69, 9.17) is 5.11 Å². The van der Waals surface area contributed by atoms with Crippen molar-refractivity contribution < 1.29 is 18.3 Å². The Morgan fingerprint density at radius 2 is 1.85 bits per heavy atom. The van der Waals surface area contributed by atoms with Gasteiger partial charge in [0, 0.05) is 6.54 Å². The summed E-state index contributed by atoms with van der Waals surface area (Å²) in [5.41, 5.74) is 0.677. The second-order valence-electron chi connectivity index (χ2n) is 5.26. The van der Waals surface area contributed by atoms with E-state index in [2.05, 4.69) is 4.72 Å². The fraction of sp³-hybridized carbons (Fsp3) is 0.500. The third kappa shape index (κ3) is 6.16. The van der Waals surface area contributed by atoms with E-state index in [9.17, 15) is 13.2 Å². The standard InChI is InChI=1S/C14H21NO4S/c1-11(2)8-13(14(16)17)9-15-20(18,19)10-12-6-4-3-5-7-12/h3-7,11,13,15H,8-10H2,1-2H3,(H,16,17). The zero-order chi connectivity index (χ0) is 15.2. The topological polar surface area (TPSA) is 83.5 Å². The van der Waals surface area contributed by atoms with Crippen molar-refractivity contribution in [1.29, 1.82) is 0 Å². The molecule has 0 radical (unpaired) electrons. The molecule has 0 saturated heterocycles. The second-order valence-corrected chi connectivity index (χ2v) is 7.06. The van der Waals surface area contributed by atoms with Gasteiger partial charge in [-0.2, -0.15) is 0 Å². The van der Waals surface area contributed by atoms with Gasteiger partial charge in [0.1, 0.15) is 0 Å². The molecular weight excluding hydrogens is 278 g/mol. The van der Waals surface area contributed by atoms with Gasteiger partial charge in [-0.1, -0.05) is 44.2 Å². The molecule has 0 aliphatic heterocycles. The maximum absolute atomic E-state index is 11.9. The highest BCUT2D eigenvalue weighted by molar-refractivity contribution is 7.88. The van der Waals surface area contributed by atoms with E-state index < -0.39 is 21.9 Å². The largest absolute Gasteiger partial charge is 0.481 e. The Hall–Kier alpha value is -1.40. The molecule has 0 aliphatic carbocycles. The van der Waals surface area contributed by atoms with Crippen LogP contribution in [0.25, 0.3) is 0 Å². The molecule has 1 atom stereocenters. The average molecular weight is 299 g/mol. The van der Waals surface area contributed by atoms with Crippen molar-refractivity contribution in [3.8, 4) is 0 Å². The zero-order valence-corrected chi connectivity index (χ0v) is 12.6. The Labute approximate surface area is 120 Å². The van der Waals surface area contributed by atoms with Crippen LogP contribution >= 0.6 is 0 Å². The lowest BCUT2D eigenvalue weighted by Crippen LogP contribution is -2.34. The van der Waals surface area contributed by atoms with Gasteiger partial charge in [0.2, 0.25) is 10.0 Å². The fourth-order valence-corrected chi connectivity index (χ4v) is 3.10. The number of hydrogen-bond acceptors (Lipinski definition) is 3. The molecule has 0 heterocycles. The molecule has 5 nitrogen and oxygen atoms in total. The van der Waals surface area contributed by atoms with Crippen molar-refractivity contribution in [1.82, 2.24) is 4.72 Å². The summed E-state index contributed by atoms with van der Waals surface area (Å²) >= 11 is 0. The molecule has 112 valence electrons. The summed E-state index contributed by atoms with van der Waals surface area (Å²) in [4.78, 5) is 11.1. The quantitative estimate of drug-likeness (QED) is 0.767. The van der Waals surface area contributed by atoms with Crippen molar-refractivity contribution in [2.24, 2.45) is 11.8 Å². The van der Waals surface area contributed by atoms with Crippen molar-refractivity contribution in [2.45, 2.75) is 26.0 Å². The predicted molar refractivity (Wildman–Crippen MR) is 77.6 cm³/mol. The predicted octanol–water partition coefficient (Wildman–Crippen LogP) is 1.85. The van der Waals surface area contributed by atoms with Crippen molar-refractivity contribution in [2.75, 3.05) is 6.54 Å². The molecule has 6 heteroatoms. The summed E-state index contributed by atoms with van der Waals surface area (Å²) in [6, 6.07) is 8.80. The number of rotatable bonds is 8. The number of carboxylic acids is 1. The molecule has 1 unspecified atom stereocenters. The SMILES string of the molecule is CC(C)CC(CNS(=O)(=O)Cc1ccccc1)C(=O)O. The highest BCUT2D eigenvalue weighted by atomic mass is 32.2. The van der Waals surface area contributed by atoms with Crippen LogP contribution in [0, 0.1) is 11.8 Å². The summed E-state index contributed by atoms with van der Waals surface area (Å²) in [6.07, 6.45) is 0.448. The fourth-order valence-electron chi connectivity index (χ4n) is 1.91. The summed E-state index contributed by atoms with van der Waals surface area (Å²) in [7, 11) is -3.51. The van der Waals surface area contributed by atoms with Gasteiger partial charge in [-0.25, -0.2) is 13.1 Å². The Morgan fingerprint density at radius 3 is 2.35 bits per heavy atom. The first-order valence-electron chi connectivity index (χ1n) is 6.54. The highest BCUT2D eigenvalue weighted by Crippen LogP contribution is 2.12. The molecule has 1 rings (SSSR count). The molecule has 1 aromatic carbocycles. The van der Waals surface area contributed by atoms with Crippen molar-refractivity contribution >= 4 is 16.0 Å². The monoisotopic (exact) mass is 299 g/mol. The van der Waals surface area contributed by atoms with Crippen LogP contribution < -0.4 is 4.72 Å². The van der Waals surface area contributed by atoms with Crippen LogP contribution in [0.15, 0.2) is 30.3 Å². The Kier molecular flexibility index (Phi) is 6.16. The van der Waals surface area contributed by atoms with E-state index in [0.29, 0.717) is 12.0 Å². The summed E-state index contributed by atoms with van der Waals surface area (Å²) < 4.78 is 26.2. The van der Waals surface area contributed by atoms with Crippen LogP contribution in [-0.2, 0) is 20.6 Å². The first kappa shape index (κ1) is 16.7. The van der Waals surface area contributed by atoms with Gasteiger partial charge in [-0.05, 0) is 17.9 Å². The van der Waals surface area contributed by atoms with Gasteiger partial charge < -0.3 is 5.11 Å². The van der Waals surface area contributed by atoms with Gasteiger partial charge in [0.25, 0.3) is 0 Å². The van der Waals surface area contributed by atoms with Crippen LogP contribution in [0.1, 0.15) is 25.8 Å². The number of aliphatic carboxylic acids is 1. The minimum absolute atomic E-state index is 0.0668. The molecule has 0 amide bonds. The van der Waals surface area contributed by atoms with E-state index in [1.807, 2.05) is 19.9 Å². The van der Waals surface area contributed by atoms with Gasteiger partial charge in [0.15, 0.2) is 0 Å². The lowest BCUT2D eigenvalue weighted by Gasteiger charge is -2.15. The molecule has 0 bridgehead atoms. The smallest absolute Gasteiger partial charge is 0.307 e. The first-order valence-corrected chi connectivity index (χ1v) is 8.19. The highest BCUT2D eigenvalue weighted by Gasteiger charge is 2.21. The number of benzene rings is 1. The number of sulfonamides is 1. The second kappa shape index (κ2) is 7.40. The van der Waals surface area contributed by atoms with Gasteiger partial charge >= 0.3 is 5.97 Å². The van der Waals surface area contributed by atoms with Crippen LogP contribution in [0.4, 0.5) is 0 Å². The first-order chi connectivity index (χ1) is 9.30. The molecule has 1 aromatic rings. The third-order valence-electron chi connectivity index (χ3n) is 2.85. The maximum atomic E-state index is 11.9. The molecule has 0 spiro atoms. The number of carbonyl (C=O) groups is 1. The molecule has 0 saturated carbocycles. The minimum Gasteiger partial charge on any atom is -0.481 e. The van der Waals surface area contributed by atoms with Crippen LogP contribution in [-0.4, -0.2) is 26.0 Å². The molecule has 20 heavy (non-hydrogen) atoms. The normalized spacial score (nSPS) is 13.3. The third-order valence-corrected chi connectivity index (χ3v) is 4.17. The number of carboxylic acid groups (broad SMARTS) is 1. The minimum atomic E-state index is -3.51. The Morgan fingerprint density at radius 1 is 1.25 bits per heavy atom. The summed E-state index contributed by atoms with van der Waals surface area (Å²) in [5, 5.41) is 9.07. The van der Waals surface area contributed by atoms with Gasteiger partial charge in [-0.3, -0.25) is 4.79 Å². The molecular formula is C14H21NO4S. The Bertz CT molecular complexity index is 525. The summed E-state index contributed by atoms with van der Waals surface area (Å²) in [6.45, 7) is 3.76. The van der Waals surface area contributed by atoms with E-state index in [-0.39, 0.29) is 18.2 Å². The van der Waals surface area contributed by atoms with Gasteiger partial charge in [-0.15, -0.1) is 0 Å². The molecule has 0 aliphatic rings. The van der Waals surface area contributed by atoms with E-state index in [1.165, 1.54) is 0 Å². The molecule has 0 aromatic heterocycles. The van der Waals surface area contributed by atoms with Crippen LogP contribution in [0.5, 0.6) is 0 Å². The zero-order valence-electron chi connectivity index (χ0n) is 11.7. The average Bonchev–Trinajstić information content (AvgIpc) is 2.34. The van der Waals surface area contributed by atoms with Crippen LogP contribution in [0.3, 0.4) is 0 Å². The molecule has 0 fully saturated rings. The maximum Gasteiger partial charge on any atom is 0.307 e. The number of hydrogen-bond donors (Lipinski definition) is 2. The van der Waals surface area contributed by atoms with Crippen LogP contribution in [0.2, 0.25) is 0 Å². The summed E-state index contributed by atoms with van der Waals surface area (Å²) in [5.74, 6) is -1.60. The van der Waals surface area contributed by atoms with Gasteiger partial charge in [0.05, 0.1) is 11.7 Å². The Balaban J connectivity index is 2.60. The van der Waals surface area contributed by atoms with E-state index in [0.717, 1.165) is 0 Å². The van der Waals surface area contributed by atoms with Crippen molar-refractivity contribution in [3.63, 3.8) is 0 Å².